The molecule has 2 heteroatoms. The highest BCUT2D eigenvalue weighted by Crippen LogP contribution is 2.13. The summed E-state index contributed by atoms with van der Waals surface area (Å²) in [7, 11) is 0. The quantitative estimate of drug-likeness (QED) is 0.112. The maximum Gasteiger partial charge on any atom is 0.310 e. The molecular weight excluding hydrogens is 296 g/mol. The van der Waals surface area contributed by atoms with Gasteiger partial charge in [-0.05, 0) is 12.5 Å². The van der Waals surface area contributed by atoms with Crippen molar-refractivity contribution < 1.29 is 9.53 Å². The Bertz CT molecular complexity index is 307. The van der Waals surface area contributed by atoms with Crippen LogP contribution in [0.1, 0.15) is 110 Å². The van der Waals surface area contributed by atoms with Gasteiger partial charge in [-0.1, -0.05) is 109 Å². The van der Waals surface area contributed by atoms with Gasteiger partial charge in [-0.2, -0.15) is 0 Å². The van der Waals surface area contributed by atoms with Crippen LogP contribution in [0.4, 0.5) is 0 Å². The Morgan fingerprint density at radius 2 is 1.17 bits per heavy atom. The lowest BCUT2D eigenvalue weighted by Gasteiger charge is -2.03. The monoisotopic (exact) mass is 336 g/mol. The summed E-state index contributed by atoms with van der Waals surface area (Å²) in [4.78, 5) is 11.3. The average molecular weight is 337 g/mol. The molecule has 0 aliphatic carbocycles. The lowest BCUT2D eigenvalue weighted by Crippen LogP contribution is -1.98. The predicted molar refractivity (Wildman–Crippen MR) is 105 cm³/mol. The van der Waals surface area contributed by atoms with Crippen LogP contribution in [-0.4, -0.2) is 5.97 Å². The van der Waals surface area contributed by atoms with E-state index in [0.29, 0.717) is 6.42 Å². The molecule has 0 amide bonds. The van der Waals surface area contributed by atoms with E-state index in [1.807, 2.05) is 0 Å². The second-order valence-electron chi connectivity index (χ2n) is 6.75. The van der Waals surface area contributed by atoms with E-state index in [2.05, 4.69) is 13.5 Å². The number of rotatable bonds is 18. The van der Waals surface area contributed by atoms with Crippen molar-refractivity contribution in [3.05, 3.63) is 25.0 Å². The van der Waals surface area contributed by atoms with E-state index in [4.69, 9.17) is 4.74 Å². The summed E-state index contributed by atoms with van der Waals surface area (Å²) in [6, 6.07) is 0. The minimum Gasteiger partial charge on any atom is -0.434 e. The summed E-state index contributed by atoms with van der Waals surface area (Å²) in [6.07, 6.45) is 25.2. The molecule has 0 rings (SSSR count). The van der Waals surface area contributed by atoms with Crippen LogP contribution in [0.25, 0.3) is 0 Å². The normalized spacial score (nSPS) is 11.0. The first-order valence-corrected chi connectivity index (χ1v) is 10.3. The number of ether oxygens (including phenoxy) is 1. The van der Waals surface area contributed by atoms with Gasteiger partial charge in [0.25, 0.3) is 0 Å². The van der Waals surface area contributed by atoms with Crippen molar-refractivity contribution in [1.82, 2.24) is 0 Å². The summed E-state index contributed by atoms with van der Waals surface area (Å²) in [6.45, 7) is 5.80. The second kappa shape index (κ2) is 20.0. The highest BCUT2D eigenvalue weighted by molar-refractivity contribution is 5.69. The number of carbonyl (C=O) groups excluding carboxylic acids is 1. The molecule has 0 spiro atoms. The van der Waals surface area contributed by atoms with Crippen molar-refractivity contribution in [3.63, 3.8) is 0 Å². The highest BCUT2D eigenvalue weighted by atomic mass is 16.5. The standard InChI is InChI=1S/C22H40O2/c1-3-5-7-8-9-10-11-12-13-14-15-16-17-18-19-20-22(23)24-21-6-4-2/h4,6,21H,2-3,5,7-20H2,1H3. The van der Waals surface area contributed by atoms with Crippen LogP contribution >= 0.6 is 0 Å². The first kappa shape index (κ1) is 22.9. The molecular formula is C22H40O2. The van der Waals surface area contributed by atoms with Crippen molar-refractivity contribution in [2.75, 3.05) is 0 Å². The fourth-order valence-electron chi connectivity index (χ4n) is 2.87. The smallest absolute Gasteiger partial charge is 0.310 e. The van der Waals surface area contributed by atoms with Crippen LogP contribution < -0.4 is 0 Å². The van der Waals surface area contributed by atoms with Gasteiger partial charge < -0.3 is 4.74 Å². The van der Waals surface area contributed by atoms with Gasteiger partial charge in [-0.15, -0.1) is 0 Å². The van der Waals surface area contributed by atoms with Crippen molar-refractivity contribution in [2.24, 2.45) is 0 Å². The average Bonchev–Trinajstić information content (AvgIpc) is 2.58. The van der Waals surface area contributed by atoms with Crippen molar-refractivity contribution >= 4 is 5.97 Å². The molecule has 0 fully saturated rings. The van der Waals surface area contributed by atoms with Gasteiger partial charge in [0.15, 0.2) is 0 Å². The lowest BCUT2D eigenvalue weighted by atomic mass is 10.0. The largest absolute Gasteiger partial charge is 0.434 e. The van der Waals surface area contributed by atoms with E-state index < -0.39 is 0 Å². The Morgan fingerprint density at radius 3 is 1.58 bits per heavy atom. The van der Waals surface area contributed by atoms with E-state index in [9.17, 15) is 4.79 Å². The first-order chi connectivity index (χ1) is 11.8. The van der Waals surface area contributed by atoms with Crippen LogP contribution in [-0.2, 0) is 9.53 Å². The zero-order chi connectivity index (χ0) is 17.7. The van der Waals surface area contributed by atoms with Gasteiger partial charge in [-0.25, -0.2) is 0 Å². The third-order valence-corrected chi connectivity index (χ3v) is 4.40. The molecule has 0 aliphatic rings. The van der Waals surface area contributed by atoms with Gasteiger partial charge in [0.2, 0.25) is 0 Å². The molecule has 0 saturated heterocycles. The van der Waals surface area contributed by atoms with Gasteiger partial charge in [-0.3, -0.25) is 4.79 Å². The van der Waals surface area contributed by atoms with Crippen molar-refractivity contribution in [1.29, 1.82) is 0 Å². The molecule has 0 aromatic carbocycles. The number of hydrogen-bond acceptors (Lipinski definition) is 2. The number of unbranched alkanes of at least 4 members (excludes halogenated alkanes) is 14. The Kier molecular flexibility index (Phi) is 19.1. The zero-order valence-electron chi connectivity index (χ0n) is 16.1. The van der Waals surface area contributed by atoms with E-state index in [1.165, 1.54) is 89.7 Å². The topological polar surface area (TPSA) is 26.3 Å². The van der Waals surface area contributed by atoms with Crippen LogP contribution in [0.5, 0.6) is 0 Å². The fourth-order valence-corrected chi connectivity index (χ4v) is 2.87. The molecule has 0 unspecified atom stereocenters. The molecule has 140 valence electrons. The van der Waals surface area contributed by atoms with Gasteiger partial charge in [0.1, 0.15) is 0 Å². The van der Waals surface area contributed by atoms with Crippen LogP contribution in [0, 0.1) is 0 Å². The number of carbonyl (C=O) groups is 1. The SMILES string of the molecule is C=CC=COC(=O)CCCCCCCCCCCCCCCCC. The molecule has 0 radical (unpaired) electrons. The molecule has 0 atom stereocenters. The van der Waals surface area contributed by atoms with Gasteiger partial charge in [0.05, 0.1) is 6.26 Å². The van der Waals surface area contributed by atoms with Crippen LogP contribution in [0.2, 0.25) is 0 Å². The molecule has 2 nitrogen and oxygen atoms in total. The molecule has 0 aliphatic heterocycles. The van der Waals surface area contributed by atoms with Gasteiger partial charge >= 0.3 is 5.97 Å². The Labute approximate surface area is 150 Å². The maximum atomic E-state index is 11.3. The number of esters is 1. The molecule has 0 N–H and O–H groups in total. The van der Waals surface area contributed by atoms with Crippen molar-refractivity contribution in [3.8, 4) is 0 Å². The van der Waals surface area contributed by atoms with E-state index >= 15 is 0 Å². The Balaban J connectivity index is 3.11. The zero-order valence-corrected chi connectivity index (χ0v) is 16.1. The number of hydrogen-bond donors (Lipinski definition) is 0. The molecule has 0 aromatic rings. The molecule has 0 saturated carbocycles. The van der Waals surface area contributed by atoms with Crippen LogP contribution in [0.15, 0.2) is 25.0 Å². The first-order valence-electron chi connectivity index (χ1n) is 10.3. The summed E-state index contributed by atoms with van der Waals surface area (Å²) >= 11 is 0. The van der Waals surface area contributed by atoms with Crippen LogP contribution in [0.3, 0.4) is 0 Å². The Morgan fingerprint density at radius 1 is 0.750 bits per heavy atom. The summed E-state index contributed by atoms with van der Waals surface area (Å²) in [5.74, 6) is -0.136. The molecule has 24 heavy (non-hydrogen) atoms. The minimum absolute atomic E-state index is 0.136. The lowest BCUT2D eigenvalue weighted by molar-refractivity contribution is -0.138. The van der Waals surface area contributed by atoms with E-state index in [1.54, 1.807) is 12.2 Å². The fraction of sp³-hybridized carbons (Fsp3) is 0.773. The third kappa shape index (κ3) is 19.0. The Hall–Kier alpha value is -1.05. The van der Waals surface area contributed by atoms with Gasteiger partial charge in [0, 0.05) is 6.42 Å². The minimum atomic E-state index is -0.136. The summed E-state index contributed by atoms with van der Waals surface area (Å²) in [5, 5.41) is 0. The molecule has 0 heterocycles. The maximum absolute atomic E-state index is 11.3. The van der Waals surface area contributed by atoms with Crippen molar-refractivity contribution in [2.45, 2.75) is 110 Å². The highest BCUT2D eigenvalue weighted by Gasteiger charge is 2.00. The molecule has 0 aromatic heterocycles. The molecule has 0 bridgehead atoms. The number of allylic oxidation sites excluding steroid dienone is 2. The summed E-state index contributed by atoms with van der Waals surface area (Å²) < 4.78 is 4.91. The third-order valence-electron chi connectivity index (χ3n) is 4.40. The second-order valence-corrected chi connectivity index (χ2v) is 6.75. The summed E-state index contributed by atoms with van der Waals surface area (Å²) in [5.41, 5.74) is 0. The van der Waals surface area contributed by atoms with E-state index in [-0.39, 0.29) is 5.97 Å². The van der Waals surface area contributed by atoms with E-state index in [0.717, 1.165) is 12.8 Å². The predicted octanol–water partition coefficient (Wildman–Crippen LogP) is 7.49.